The summed E-state index contributed by atoms with van der Waals surface area (Å²) in [5.74, 6) is 0.869. The monoisotopic (exact) mass is 407 g/mol. The number of aliphatic hydroxyl groups is 2. The first kappa shape index (κ1) is 19.5. The molecule has 0 radical (unpaired) electrons. The molecule has 2 aliphatic rings. The van der Waals surface area contributed by atoms with Gasteiger partial charge in [-0.2, -0.15) is 0 Å². The number of ether oxygens (including phenoxy) is 1. The van der Waals surface area contributed by atoms with Gasteiger partial charge >= 0.3 is 0 Å². The van der Waals surface area contributed by atoms with Crippen LogP contribution in [0.5, 0.6) is 5.75 Å². The van der Waals surface area contributed by atoms with Crippen LogP contribution in [0.3, 0.4) is 0 Å². The summed E-state index contributed by atoms with van der Waals surface area (Å²) >= 11 is 0. The van der Waals surface area contributed by atoms with Crippen molar-refractivity contribution in [1.82, 2.24) is 14.5 Å². The average Bonchev–Trinajstić information content (AvgIpc) is 3.20. The van der Waals surface area contributed by atoms with E-state index in [1.165, 1.54) is 29.5 Å². The molecule has 2 aliphatic carbocycles. The summed E-state index contributed by atoms with van der Waals surface area (Å²) in [6, 6.07) is 4.03. The number of fused-ring (bicyclic) bond motifs is 2. The normalized spacial score (nSPS) is 26.2. The van der Waals surface area contributed by atoms with Crippen LogP contribution in [0.25, 0.3) is 11.0 Å². The second-order valence-electron chi connectivity index (χ2n) is 8.93. The molecular formula is C24H29N3O3. The summed E-state index contributed by atoms with van der Waals surface area (Å²) < 4.78 is 8.36. The van der Waals surface area contributed by atoms with Crippen LogP contribution in [0.4, 0.5) is 0 Å². The van der Waals surface area contributed by atoms with E-state index in [2.05, 4.69) is 29.0 Å². The van der Waals surface area contributed by atoms with Gasteiger partial charge in [-0.1, -0.05) is 6.07 Å². The maximum Gasteiger partial charge on any atom is 0.144 e. The lowest BCUT2D eigenvalue weighted by Gasteiger charge is -2.24. The SMILES string of the molecule is Cc1cc2c(c(OC3CC(n4cc(C)c5c(C)ncnc54)[C@H](O)[C@@H]3O)c1)CCCC2. The van der Waals surface area contributed by atoms with Gasteiger partial charge in [-0.05, 0) is 74.8 Å². The lowest BCUT2D eigenvalue weighted by Crippen LogP contribution is -2.34. The zero-order valence-electron chi connectivity index (χ0n) is 17.8. The molecule has 6 heteroatoms. The minimum absolute atomic E-state index is 0.295. The number of aryl methyl sites for hydroxylation is 4. The molecule has 6 nitrogen and oxygen atoms in total. The Morgan fingerprint density at radius 2 is 1.83 bits per heavy atom. The Balaban J connectivity index is 1.47. The highest BCUT2D eigenvalue weighted by atomic mass is 16.5. The van der Waals surface area contributed by atoms with Gasteiger partial charge in [0.1, 0.15) is 36.0 Å². The van der Waals surface area contributed by atoms with Crippen molar-refractivity contribution in [2.24, 2.45) is 0 Å². The maximum atomic E-state index is 10.9. The van der Waals surface area contributed by atoms with Crippen molar-refractivity contribution in [2.45, 2.75) is 77.2 Å². The third-order valence-corrected chi connectivity index (χ3v) is 6.79. The van der Waals surface area contributed by atoms with Crippen molar-refractivity contribution >= 4 is 11.0 Å². The molecule has 1 fully saturated rings. The lowest BCUT2D eigenvalue weighted by atomic mass is 9.89. The van der Waals surface area contributed by atoms with Gasteiger partial charge in [0.05, 0.1) is 11.7 Å². The highest BCUT2D eigenvalue weighted by molar-refractivity contribution is 5.82. The van der Waals surface area contributed by atoms with Crippen LogP contribution in [-0.2, 0) is 12.8 Å². The first-order valence-electron chi connectivity index (χ1n) is 10.9. The summed E-state index contributed by atoms with van der Waals surface area (Å²) in [5, 5.41) is 22.7. The molecule has 1 aromatic carbocycles. The van der Waals surface area contributed by atoms with Gasteiger partial charge in [0, 0.05) is 18.0 Å². The Hall–Kier alpha value is -2.44. The summed E-state index contributed by atoms with van der Waals surface area (Å²) in [6.07, 6.45) is 6.23. The molecule has 2 heterocycles. The average molecular weight is 408 g/mol. The number of aliphatic hydroxyl groups excluding tert-OH is 2. The predicted molar refractivity (Wildman–Crippen MR) is 115 cm³/mol. The van der Waals surface area contributed by atoms with E-state index in [-0.39, 0.29) is 6.04 Å². The Morgan fingerprint density at radius 3 is 2.67 bits per heavy atom. The number of aromatic nitrogens is 3. The fourth-order valence-corrected chi connectivity index (χ4v) is 5.31. The Kier molecular flexibility index (Phi) is 4.79. The number of nitrogens with zero attached hydrogens (tertiary/aromatic N) is 3. The van der Waals surface area contributed by atoms with E-state index in [0.29, 0.717) is 6.42 Å². The smallest absolute Gasteiger partial charge is 0.144 e. The second-order valence-corrected chi connectivity index (χ2v) is 8.93. The fraction of sp³-hybridized carbons (Fsp3) is 0.500. The minimum atomic E-state index is -0.949. The topological polar surface area (TPSA) is 80.4 Å². The Morgan fingerprint density at radius 1 is 1.03 bits per heavy atom. The standard InChI is InChI=1S/C24H29N3O3/c1-13-8-16-6-4-5-7-17(16)19(9-13)30-20-10-18(22(28)23(20)29)27-11-14(2)21-15(3)25-12-26-24(21)27/h8-9,11-12,18,20,22-23,28-29H,4-7,10H2,1-3H3/t18?,20?,22-,23+/m0/s1. The van der Waals surface area contributed by atoms with Gasteiger partial charge < -0.3 is 19.5 Å². The molecule has 1 saturated carbocycles. The molecule has 5 rings (SSSR count). The summed E-state index contributed by atoms with van der Waals surface area (Å²) in [5.41, 5.74) is 6.59. The van der Waals surface area contributed by atoms with Crippen molar-refractivity contribution in [3.05, 3.63) is 52.6 Å². The van der Waals surface area contributed by atoms with Crippen molar-refractivity contribution in [3.8, 4) is 5.75 Å². The molecular weight excluding hydrogens is 378 g/mol. The van der Waals surface area contributed by atoms with E-state index in [9.17, 15) is 10.2 Å². The maximum absolute atomic E-state index is 10.9. The van der Waals surface area contributed by atoms with E-state index >= 15 is 0 Å². The summed E-state index contributed by atoms with van der Waals surface area (Å²) in [4.78, 5) is 8.76. The van der Waals surface area contributed by atoms with Gasteiger partial charge in [0.15, 0.2) is 0 Å². The van der Waals surface area contributed by atoms with Crippen LogP contribution in [0.15, 0.2) is 24.7 Å². The molecule has 2 unspecified atom stereocenters. The summed E-state index contributed by atoms with van der Waals surface area (Å²) in [7, 11) is 0. The van der Waals surface area contributed by atoms with Crippen LogP contribution in [0.1, 0.15) is 53.3 Å². The van der Waals surface area contributed by atoms with Crippen LogP contribution < -0.4 is 4.74 Å². The van der Waals surface area contributed by atoms with Crippen molar-refractivity contribution in [1.29, 1.82) is 0 Å². The van der Waals surface area contributed by atoms with E-state index in [1.54, 1.807) is 6.33 Å². The first-order valence-corrected chi connectivity index (χ1v) is 10.9. The molecule has 3 aromatic rings. The zero-order valence-corrected chi connectivity index (χ0v) is 17.8. The van der Waals surface area contributed by atoms with Gasteiger partial charge in [0.2, 0.25) is 0 Å². The third kappa shape index (κ3) is 3.10. The molecule has 2 aromatic heterocycles. The predicted octanol–water partition coefficient (Wildman–Crippen LogP) is 3.35. The molecule has 0 saturated heterocycles. The van der Waals surface area contributed by atoms with Crippen LogP contribution in [0.2, 0.25) is 0 Å². The first-order chi connectivity index (χ1) is 14.4. The highest BCUT2D eigenvalue weighted by Crippen LogP contribution is 2.39. The van der Waals surface area contributed by atoms with E-state index in [0.717, 1.165) is 40.9 Å². The molecule has 158 valence electrons. The molecule has 0 bridgehead atoms. The van der Waals surface area contributed by atoms with E-state index < -0.39 is 18.3 Å². The van der Waals surface area contributed by atoms with Gasteiger partial charge in [-0.15, -0.1) is 0 Å². The summed E-state index contributed by atoms with van der Waals surface area (Å²) in [6.45, 7) is 6.08. The van der Waals surface area contributed by atoms with Gasteiger partial charge in [0.25, 0.3) is 0 Å². The van der Waals surface area contributed by atoms with Crippen LogP contribution in [0, 0.1) is 20.8 Å². The molecule has 0 spiro atoms. The van der Waals surface area contributed by atoms with Crippen molar-refractivity contribution < 1.29 is 14.9 Å². The number of hydrogen-bond acceptors (Lipinski definition) is 5. The van der Waals surface area contributed by atoms with E-state index in [4.69, 9.17) is 4.74 Å². The molecule has 4 atom stereocenters. The fourth-order valence-electron chi connectivity index (χ4n) is 5.31. The zero-order chi connectivity index (χ0) is 21.0. The van der Waals surface area contributed by atoms with E-state index in [1.807, 2.05) is 24.6 Å². The Bertz CT molecular complexity index is 1110. The lowest BCUT2D eigenvalue weighted by molar-refractivity contribution is -0.0166. The molecule has 0 amide bonds. The van der Waals surface area contributed by atoms with Gasteiger partial charge in [-0.3, -0.25) is 0 Å². The Labute approximate surface area is 176 Å². The van der Waals surface area contributed by atoms with Crippen LogP contribution in [-0.4, -0.2) is 43.1 Å². The molecule has 30 heavy (non-hydrogen) atoms. The molecule has 2 N–H and O–H groups in total. The minimum Gasteiger partial charge on any atom is -0.487 e. The van der Waals surface area contributed by atoms with Gasteiger partial charge in [-0.25, -0.2) is 9.97 Å². The number of hydrogen-bond donors (Lipinski definition) is 2. The quantitative estimate of drug-likeness (QED) is 0.696. The number of rotatable bonds is 3. The second kappa shape index (κ2) is 7.36. The number of benzene rings is 1. The van der Waals surface area contributed by atoms with Crippen LogP contribution >= 0.6 is 0 Å². The third-order valence-electron chi connectivity index (χ3n) is 6.79. The van der Waals surface area contributed by atoms with Crippen molar-refractivity contribution in [3.63, 3.8) is 0 Å². The van der Waals surface area contributed by atoms with Crippen molar-refractivity contribution in [2.75, 3.05) is 0 Å². The molecule has 0 aliphatic heterocycles. The highest BCUT2D eigenvalue weighted by Gasteiger charge is 2.45. The largest absolute Gasteiger partial charge is 0.487 e.